The number of nitrogens with zero attached hydrogens (tertiary/aromatic N) is 5. The zero-order valence-electron chi connectivity index (χ0n) is 20.2. The zero-order chi connectivity index (χ0) is 26.6. The molecule has 3 atom stereocenters. The monoisotopic (exact) mass is 601 g/mol. The molecule has 4 heterocycles. The second kappa shape index (κ2) is 9.44. The van der Waals surface area contributed by atoms with Crippen LogP contribution in [0.5, 0.6) is 5.75 Å². The van der Waals surface area contributed by atoms with E-state index in [-0.39, 0.29) is 11.3 Å². The van der Waals surface area contributed by atoms with Gasteiger partial charge in [-0.15, -0.1) is 0 Å². The smallest absolute Gasteiger partial charge is 0.303 e. The Hall–Kier alpha value is -3.35. The number of hydrogen-bond acceptors (Lipinski definition) is 10. The number of imidazole rings is 1. The molecular formula is C25H21BrClN5O6. The number of hydrogen-bond donors (Lipinski definition) is 0. The first-order valence-electron chi connectivity index (χ1n) is 11.8. The molecule has 0 bridgehead atoms. The fourth-order valence-electron chi connectivity index (χ4n) is 5.18. The van der Waals surface area contributed by atoms with Crippen LogP contribution in [0.3, 0.4) is 0 Å². The molecule has 196 valence electrons. The average Bonchev–Trinajstić information content (AvgIpc) is 3.39. The SMILES string of the molecule is CC(=O)O[C@H]1[C@H](n2cnc3c(Cl)ncnc32)O[C@]2(C[C@@H](Oc3ccc4cc(Br)cnc4c3)C2)[C@H]1OC(C)=O. The highest BCUT2D eigenvalue weighted by Gasteiger charge is 2.66. The van der Waals surface area contributed by atoms with Crippen molar-refractivity contribution in [3.63, 3.8) is 0 Å². The Morgan fingerprint density at radius 2 is 1.89 bits per heavy atom. The first-order chi connectivity index (χ1) is 18.2. The molecule has 0 N–H and O–H groups in total. The van der Waals surface area contributed by atoms with Gasteiger partial charge in [-0.05, 0) is 34.1 Å². The minimum atomic E-state index is -0.952. The van der Waals surface area contributed by atoms with Gasteiger partial charge in [0.15, 0.2) is 29.2 Å². The first-order valence-corrected chi connectivity index (χ1v) is 13.0. The van der Waals surface area contributed by atoms with Crippen LogP contribution in [0.1, 0.15) is 32.9 Å². The molecule has 4 aromatic rings. The van der Waals surface area contributed by atoms with Gasteiger partial charge in [-0.1, -0.05) is 11.6 Å². The van der Waals surface area contributed by atoms with Gasteiger partial charge in [0.1, 0.15) is 29.3 Å². The maximum absolute atomic E-state index is 12.1. The molecule has 38 heavy (non-hydrogen) atoms. The van der Waals surface area contributed by atoms with Crippen molar-refractivity contribution < 1.29 is 28.5 Å². The number of halogens is 2. The van der Waals surface area contributed by atoms with Gasteiger partial charge in [0.2, 0.25) is 0 Å². The Balaban J connectivity index is 1.29. The summed E-state index contributed by atoms with van der Waals surface area (Å²) in [6.07, 6.45) is 2.39. The fraction of sp³-hybridized carbons (Fsp3) is 0.360. The van der Waals surface area contributed by atoms with E-state index in [1.54, 1.807) is 10.8 Å². The van der Waals surface area contributed by atoms with Crippen molar-refractivity contribution in [3.8, 4) is 5.75 Å². The molecule has 0 amide bonds. The van der Waals surface area contributed by atoms with Crippen LogP contribution in [0.4, 0.5) is 0 Å². The van der Waals surface area contributed by atoms with E-state index in [9.17, 15) is 9.59 Å². The van der Waals surface area contributed by atoms with Crippen molar-refractivity contribution in [2.45, 2.75) is 56.8 Å². The molecule has 1 aromatic carbocycles. The molecule has 0 unspecified atom stereocenters. The lowest BCUT2D eigenvalue weighted by atomic mass is 9.73. The highest BCUT2D eigenvalue weighted by atomic mass is 79.9. The zero-order valence-corrected chi connectivity index (χ0v) is 22.5. The van der Waals surface area contributed by atoms with Crippen LogP contribution >= 0.6 is 27.5 Å². The Morgan fingerprint density at radius 1 is 1.11 bits per heavy atom. The predicted octanol–water partition coefficient (Wildman–Crippen LogP) is 4.16. The van der Waals surface area contributed by atoms with Gasteiger partial charge in [0.25, 0.3) is 0 Å². The molecule has 1 aliphatic heterocycles. The van der Waals surface area contributed by atoms with Crippen LogP contribution in [-0.2, 0) is 23.8 Å². The van der Waals surface area contributed by atoms with Gasteiger partial charge in [-0.2, -0.15) is 0 Å². The van der Waals surface area contributed by atoms with Crippen LogP contribution in [0.25, 0.3) is 22.1 Å². The average molecular weight is 603 g/mol. The third-order valence-electron chi connectivity index (χ3n) is 6.71. The third-order valence-corrected chi connectivity index (χ3v) is 7.42. The molecule has 13 heteroatoms. The number of fused-ring (bicyclic) bond motifs is 2. The van der Waals surface area contributed by atoms with Gasteiger partial charge < -0.3 is 18.9 Å². The van der Waals surface area contributed by atoms with E-state index in [1.807, 2.05) is 24.3 Å². The molecular weight excluding hydrogens is 582 g/mol. The maximum Gasteiger partial charge on any atom is 0.303 e. The van der Waals surface area contributed by atoms with E-state index >= 15 is 0 Å². The standard InChI is InChI=1S/C25H21BrClN5O6/c1-12(33)35-20-21(36-13(2)34)25(38-24(20)32-11-31-19-22(27)29-10-30-23(19)32)7-17(8-25)37-16-4-3-14-5-15(26)9-28-18(14)6-16/h3-6,9-11,17,20-21,24H,7-8H2,1-2H3/t17-,20-,21+,24-,25+/m1/s1. The number of aromatic nitrogens is 5. The van der Waals surface area contributed by atoms with E-state index in [2.05, 4.69) is 35.9 Å². The Labute approximate surface area is 229 Å². The summed E-state index contributed by atoms with van der Waals surface area (Å²) in [5, 5.41) is 1.16. The fourth-order valence-corrected chi connectivity index (χ4v) is 5.70. The molecule has 11 nitrogen and oxygen atoms in total. The number of carbonyl (C=O) groups is 2. The highest BCUT2D eigenvalue weighted by molar-refractivity contribution is 9.10. The quantitative estimate of drug-likeness (QED) is 0.243. The van der Waals surface area contributed by atoms with E-state index in [0.717, 1.165) is 15.4 Å². The van der Waals surface area contributed by atoms with Gasteiger partial charge in [-0.25, -0.2) is 15.0 Å². The molecule has 1 saturated heterocycles. The number of pyridine rings is 1. The number of esters is 2. The first kappa shape index (κ1) is 25.0. The molecule has 6 rings (SSSR count). The molecule has 1 spiro atoms. The summed E-state index contributed by atoms with van der Waals surface area (Å²) in [4.78, 5) is 41.2. The minimum absolute atomic E-state index is 0.177. The van der Waals surface area contributed by atoms with E-state index in [0.29, 0.717) is 29.8 Å². The summed E-state index contributed by atoms with van der Waals surface area (Å²) in [6, 6.07) is 7.67. The Kier molecular flexibility index (Phi) is 6.20. The van der Waals surface area contributed by atoms with Crippen LogP contribution < -0.4 is 4.74 Å². The second-order valence-corrected chi connectivity index (χ2v) is 10.6. The Morgan fingerprint density at radius 3 is 2.66 bits per heavy atom. The normalized spacial score (nSPS) is 26.4. The summed E-state index contributed by atoms with van der Waals surface area (Å²) in [6.45, 7) is 2.59. The summed E-state index contributed by atoms with van der Waals surface area (Å²) in [5.41, 5.74) is 0.621. The topological polar surface area (TPSA) is 128 Å². The lowest BCUT2D eigenvalue weighted by Gasteiger charge is -2.46. The molecule has 2 fully saturated rings. The number of carbonyl (C=O) groups excluding carboxylic acids is 2. The van der Waals surface area contributed by atoms with Gasteiger partial charge in [0, 0.05) is 48.8 Å². The van der Waals surface area contributed by atoms with Crippen molar-refractivity contribution in [2.75, 3.05) is 0 Å². The van der Waals surface area contributed by atoms with E-state index in [4.69, 9.17) is 30.5 Å². The second-order valence-electron chi connectivity index (χ2n) is 9.32. The van der Waals surface area contributed by atoms with Crippen LogP contribution in [0, 0.1) is 0 Å². The predicted molar refractivity (Wildman–Crippen MR) is 137 cm³/mol. The van der Waals surface area contributed by atoms with Crippen molar-refractivity contribution >= 4 is 61.5 Å². The number of rotatable bonds is 5. The minimum Gasteiger partial charge on any atom is -0.490 e. The van der Waals surface area contributed by atoms with Crippen molar-refractivity contribution in [2.24, 2.45) is 0 Å². The molecule has 3 aromatic heterocycles. The highest BCUT2D eigenvalue weighted by Crippen LogP contribution is 2.53. The van der Waals surface area contributed by atoms with E-state index in [1.165, 1.54) is 26.5 Å². The lowest BCUT2D eigenvalue weighted by Crippen LogP contribution is -2.58. The third kappa shape index (κ3) is 4.36. The summed E-state index contributed by atoms with van der Waals surface area (Å²) in [7, 11) is 0. The van der Waals surface area contributed by atoms with Gasteiger partial charge >= 0.3 is 11.9 Å². The van der Waals surface area contributed by atoms with Crippen LogP contribution in [-0.4, -0.2) is 60.4 Å². The molecule has 1 saturated carbocycles. The van der Waals surface area contributed by atoms with Crippen LogP contribution in [0.15, 0.2) is 47.6 Å². The number of ether oxygens (including phenoxy) is 4. The largest absolute Gasteiger partial charge is 0.490 e. The molecule has 0 radical (unpaired) electrons. The van der Waals surface area contributed by atoms with Crippen molar-refractivity contribution in [3.05, 3.63) is 52.7 Å². The van der Waals surface area contributed by atoms with Crippen molar-refractivity contribution in [1.29, 1.82) is 0 Å². The van der Waals surface area contributed by atoms with E-state index < -0.39 is 36.0 Å². The van der Waals surface area contributed by atoms with Gasteiger partial charge in [-0.3, -0.25) is 19.1 Å². The summed E-state index contributed by atoms with van der Waals surface area (Å²) >= 11 is 9.61. The number of benzene rings is 1. The molecule has 1 aliphatic carbocycles. The lowest BCUT2D eigenvalue weighted by molar-refractivity contribution is -0.197. The maximum atomic E-state index is 12.1. The van der Waals surface area contributed by atoms with Gasteiger partial charge in [0.05, 0.1) is 11.8 Å². The summed E-state index contributed by atoms with van der Waals surface area (Å²) < 4.78 is 26.6. The van der Waals surface area contributed by atoms with Crippen LogP contribution in [0.2, 0.25) is 5.15 Å². The summed E-state index contributed by atoms with van der Waals surface area (Å²) in [5.74, 6) is -0.403. The van der Waals surface area contributed by atoms with Crippen molar-refractivity contribution in [1.82, 2.24) is 24.5 Å². The molecule has 2 aliphatic rings. The Bertz CT molecular complexity index is 1570.